The average molecular weight is 430 g/mol. The van der Waals surface area contributed by atoms with Crippen molar-refractivity contribution < 1.29 is 23.8 Å². The highest BCUT2D eigenvalue weighted by molar-refractivity contribution is 6.24. The molecule has 3 rings (SSSR count). The zero-order chi connectivity index (χ0) is 22.6. The third-order valence-corrected chi connectivity index (χ3v) is 6.17. The fraction of sp³-hybridized carbons (Fsp3) is 0.600. The van der Waals surface area contributed by atoms with Crippen LogP contribution in [0.5, 0.6) is 0 Å². The molecule has 1 aromatic carbocycles. The summed E-state index contributed by atoms with van der Waals surface area (Å²) >= 11 is 0. The van der Waals surface area contributed by atoms with Gasteiger partial charge in [-0.05, 0) is 70.1 Å². The molecular weight excluding hydrogens is 394 g/mol. The number of carbonyl (C=O) groups is 2. The first-order chi connectivity index (χ1) is 14.8. The first kappa shape index (κ1) is 23.3. The summed E-state index contributed by atoms with van der Waals surface area (Å²) in [6.07, 6.45) is 4.42. The molecule has 170 valence electrons. The predicted molar refractivity (Wildman–Crippen MR) is 120 cm³/mol. The molecule has 1 spiro atoms. The van der Waals surface area contributed by atoms with Gasteiger partial charge in [0.2, 0.25) is 0 Å². The zero-order valence-electron chi connectivity index (χ0n) is 19.4. The van der Waals surface area contributed by atoms with E-state index in [-0.39, 0.29) is 18.6 Å². The van der Waals surface area contributed by atoms with Gasteiger partial charge in [-0.2, -0.15) is 0 Å². The van der Waals surface area contributed by atoms with Gasteiger partial charge in [0.15, 0.2) is 5.76 Å². The van der Waals surface area contributed by atoms with Gasteiger partial charge < -0.3 is 19.5 Å². The molecule has 1 aliphatic heterocycles. The van der Waals surface area contributed by atoms with Crippen molar-refractivity contribution in [3.05, 3.63) is 40.1 Å². The molecule has 1 aliphatic carbocycles. The van der Waals surface area contributed by atoms with Crippen molar-refractivity contribution in [3.63, 3.8) is 0 Å². The van der Waals surface area contributed by atoms with Gasteiger partial charge in [0.25, 0.3) is 5.91 Å². The van der Waals surface area contributed by atoms with Crippen LogP contribution in [0.15, 0.2) is 17.9 Å². The summed E-state index contributed by atoms with van der Waals surface area (Å²) in [4.78, 5) is 25.7. The van der Waals surface area contributed by atoms with Crippen LogP contribution < -0.4 is 5.32 Å². The van der Waals surface area contributed by atoms with Gasteiger partial charge in [-0.3, -0.25) is 4.79 Å². The van der Waals surface area contributed by atoms with Gasteiger partial charge in [0.1, 0.15) is 5.54 Å². The number of benzene rings is 1. The van der Waals surface area contributed by atoms with Crippen LogP contribution in [-0.2, 0) is 19.0 Å². The van der Waals surface area contributed by atoms with Gasteiger partial charge >= 0.3 is 6.16 Å². The summed E-state index contributed by atoms with van der Waals surface area (Å²) in [5.41, 5.74) is 3.61. The van der Waals surface area contributed by atoms with Crippen molar-refractivity contribution in [1.29, 1.82) is 0 Å². The highest BCUT2D eigenvalue weighted by Crippen LogP contribution is 2.45. The summed E-state index contributed by atoms with van der Waals surface area (Å²) < 4.78 is 17.0. The lowest BCUT2D eigenvalue weighted by Crippen LogP contribution is -2.50. The number of aryl methyl sites for hydroxylation is 3. The second-order valence-electron chi connectivity index (χ2n) is 8.74. The monoisotopic (exact) mass is 429 g/mol. The van der Waals surface area contributed by atoms with E-state index in [9.17, 15) is 9.59 Å². The Kier molecular flexibility index (Phi) is 7.42. The summed E-state index contributed by atoms with van der Waals surface area (Å²) in [6.45, 7) is 10.8. The smallest absolute Gasteiger partial charge is 0.434 e. The Hall–Kier alpha value is -2.34. The van der Waals surface area contributed by atoms with Gasteiger partial charge in [-0.25, -0.2) is 4.79 Å². The molecule has 0 aromatic heterocycles. The average Bonchev–Trinajstić information content (AvgIpc) is 2.93. The Morgan fingerprint density at radius 1 is 1.19 bits per heavy atom. The molecule has 1 heterocycles. The largest absolute Gasteiger partial charge is 0.513 e. The molecule has 1 fully saturated rings. The number of unbranched alkanes of at least 4 members (excludes halogenated alkanes) is 1. The minimum Gasteiger partial charge on any atom is -0.434 e. The van der Waals surface area contributed by atoms with Crippen molar-refractivity contribution in [2.75, 3.05) is 13.2 Å². The second kappa shape index (κ2) is 9.86. The molecule has 6 nitrogen and oxygen atoms in total. The predicted octanol–water partition coefficient (Wildman–Crippen LogP) is 5.12. The Balaban J connectivity index is 2.06. The number of carbonyl (C=O) groups excluding carboxylic acids is 2. The quantitative estimate of drug-likeness (QED) is 0.481. The SMILES string of the molecule is CCCCOC1CCCC2(C1)NC(=O)C(c1c(C)cc(C)cc1C)=C2OC(=O)OCC. The summed E-state index contributed by atoms with van der Waals surface area (Å²) in [5, 5.41) is 3.18. The number of rotatable bonds is 7. The van der Waals surface area contributed by atoms with Gasteiger partial charge in [0.05, 0.1) is 18.3 Å². The molecule has 0 saturated heterocycles. The van der Waals surface area contributed by atoms with Crippen molar-refractivity contribution in [1.82, 2.24) is 5.32 Å². The molecule has 2 unspecified atom stereocenters. The molecule has 1 N–H and O–H groups in total. The molecule has 2 aliphatic rings. The van der Waals surface area contributed by atoms with Crippen LogP contribution in [0.25, 0.3) is 5.57 Å². The van der Waals surface area contributed by atoms with Crippen LogP contribution in [0.2, 0.25) is 0 Å². The van der Waals surface area contributed by atoms with Crippen LogP contribution in [0.4, 0.5) is 4.79 Å². The van der Waals surface area contributed by atoms with Crippen molar-refractivity contribution in [3.8, 4) is 0 Å². The van der Waals surface area contributed by atoms with Gasteiger partial charge in [0, 0.05) is 13.0 Å². The molecule has 0 bridgehead atoms. The minimum atomic E-state index is -0.776. The molecule has 1 amide bonds. The van der Waals surface area contributed by atoms with E-state index in [1.54, 1.807) is 6.92 Å². The normalized spacial score (nSPS) is 23.3. The Morgan fingerprint density at radius 2 is 1.90 bits per heavy atom. The van der Waals surface area contributed by atoms with Gasteiger partial charge in [-0.15, -0.1) is 0 Å². The van der Waals surface area contributed by atoms with E-state index in [0.29, 0.717) is 30.8 Å². The van der Waals surface area contributed by atoms with Crippen molar-refractivity contribution in [2.45, 2.75) is 84.8 Å². The summed E-state index contributed by atoms with van der Waals surface area (Å²) in [7, 11) is 0. The zero-order valence-corrected chi connectivity index (χ0v) is 19.4. The van der Waals surface area contributed by atoms with Crippen LogP contribution in [0, 0.1) is 20.8 Å². The Bertz CT molecular complexity index is 852. The molecule has 1 saturated carbocycles. The third-order valence-electron chi connectivity index (χ3n) is 6.17. The highest BCUT2D eigenvalue weighted by Gasteiger charge is 2.51. The standard InChI is InChI=1S/C25H35NO5/c1-6-8-12-30-19-10-9-11-25(15-19)22(31-24(28)29-7-2)21(23(27)26-25)20-17(4)13-16(3)14-18(20)5/h13-14,19H,6-12,15H2,1-5H3,(H,26,27). The Morgan fingerprint density at radius 3 is 2.55 bits per heavy atom. The van der Waals surface area contributed by atoms with Crippen LogP contribution in [0.1, 0.15) is 74.6 Å². The van der Waals surface area contributed by atoms with E-state index in [4.69, 9.17) is 14.2 Å². The lowest BCUT2D eigenvalue weighted by atomic mass is 9.78. The van der Waals surface area contributed by atoms with Crippen molar-refractivity contribution in [2.24, 2.45) is 0 Å². The number of ether oxygens (including phenoxy) is 3. The minimum absolute atomic E-state index is 0.0148. The van der Waals surface area contributed by atoms with Crippen LogP contribution in [0.3, 0.4) is 0 Å². The van der Waals surface area contributed by atoms with Crippen LogP contribution in [-0.4, -0.2) is 36.9 Å². The first-order valence-electron chi connectivity index (χ1n) is 11.4. The van der Waals surface area contributed by atoms with E-state index in [1.807, 2.05) is 32.9 Å². The molecule has 1 aromatic rings. The van der Waals surface area contributed by atoms with E-state index in [2.05, 4.69) is 12.2 Å². The Labute approximate surface area is 185 Å². The maximum atomic E-state index is 13.3. The fourth-order valence-corrected chi connectivity index (χ4v) is 4.94. The van der Waals surface area contributed by atoms with E-state index in [1.165, 1.54) is 0 Å². The summed E-state index contributed by atoms with van der Waals surface area (Å²) in [5.74, 6) is 0.179. The first-order valence-corrected chi connectivity index (χ1v) is 11.4. The number of hydrogen-bond donors (Lipinski definition) is 1. The van der Waals surface area contributed by atoms with Crippen molar-refractivity contribution >= 4 is 17.6 Å². The number of hydrogen-bond acceptors (Lipinski definition) is 5. The second-order valence-corrected chi connectivity index (χ2v) is 8.74. The molecule has 0 radical (unpaired) electrons. The van der Waals surface area contributed by atoms with Gasteiger partial charge in [-0.1, -0.05) is 31.0 Å². The molecule has 31 heavy (non-hydrogen) atoms. The van der Waals surface area contributed by atoms with E-state index >= 15 is 0 Å². The summed E-state index contributed by atoms with van der Waals surface area (Å²) in [6, 6.07) is 4.10. The fourth-order valence-electron chi connectivity index (χ4n) is 4.94. The lowest BCUT2D eigenvalue weighted by Gasteiger charge is -2.38. The third kappa shape index (κ3) is 4.95. The topological polar surface area (TPSA) is 73.9 Å². The highest BCUT2D eigenvalue weighted by atomic mass is 16.7. The molecule has 2 atom stereocenters. The maximum absolute atomic E-state index is 13.3. The maximum Gasteiger partial charge on any atom is 0.513 e. The van der Waals surface area contributed by atoms with E-state index < -0.39 is 11.7 Å². The number of amides is 1. The lowest BCUT2D eigenvalue weighted by molar-refractivity contribution is -0.117. The molecule has 6 heteroatoms. The molecular formula is C25H35NO5. The van der Waals surface area contributed by atoms with E-state index in [0.717, 1.165) is 47.9 Å². The van der Waals surface area contributed by atoms with Crippen LogP contribution >= 0.6 is 0 Å². The number of nitrogens with one attached hydrogen (secondary N) is 1.